The Labute approximate surface area is 117 Å². The number of ether oxygens (including phenoxy) is 1. The fourth-order valence-electron chi connectivity index (χ4n) is 3.08. The lowest BCUT2D eigenvalue weighted by molar-refractivity contribution is 0.0405. The monoisotopic (exact) mass is 268 g/mol. The number of aliphatic imine (C=N–C) groups is 1. The molecule has 1 atom stereocenters. The number of amides is 1. The summed E-state index contributed by atoms with van der Waals surface area (Å²) in [6.07, 6.45) is 2.51. The highest BCUT2D eigenvalue weighted by Gasteiger charge is 2.47. The van der Waals surface area contributed by atoms with E-state index in [1.54, 1.807) is 6.08 Å². The molecule has 1 N–H and O–H groups in total. The van der Waals surface area contributed by atoms with E-state index >= 15 is 0 Å². The second-order valence-electron chi connectivity index (χ2n) is 5.26. The van der Waals surface area contributed by atoms with Crippen LogP contribution in [0.25, 0.3) is 0 Å². The number of benzene rings is 1. The van der Waals surface area contributed by atoms with Crippen LogP contribution in [0, 0.1) is 6.92 Å². The van der Waals surface area contributed by atoms with Crippen LogP contribution in [0.1, 0.15) is 16.7 Å². The maximum absolute atomic E-state index is 11.8. The number of hydrogen-bond donors (Lipinski definition) is 1. The molecule has 102 valence electrons. The van der Waals surface area contributed by atoms with Gasteiger partial charge in [-0.15, -0.1) is 0 Å². The van der Waals surface area contributed by atoms with Crippen molar-refractivity contribution in [3.8, 4) is 0 Å². The van der Waals surface area contributed by atoms with Gasteiger partial charge in [0.1, 0.15) is 5.82 Å². The minimum Gasteiger partial charge on any atom is -0.437 e. The molecule has 1 heterocycles. The fraction of sp³-hybridized carbons (Fsp3) is 0.250. The van der Waals surface area contributed by atoms with Crippen LogP contribution in [0.2, 0.25) is 0 Å². The van der Waals surface area contributed by atoms with Crippen molar-refractivity contribution in [1.82, 2.24) is 5.32 Å². The third-order valence-electron chi connectivity index (χ3n) is 3.93. The summed E-state index contributed by atoms with van der Waals surface area (Å²) in [7, 11) is 0. The SMILES string of the molecule is C=CC1=C(N=C)NC(=O)OC12Cc1ccc(C)cc1C2. The Morgan fingerprint density at radius 3 is 2.85 bits per heavy atom. The van der Waals surface area contributed by atoms with Gasteiger partial charge in [-0.2, -0.15) is 0 Å². The predicted octanol–water partition coefficient (Wildman–Crippen LogP) is 2.67. The molecule has 1 amide bonds. The smallest absolute Gasteiger partial charge is 0.413 e. The Morgan fingerprint density at radius 2 is 2.15 bits per heavy atom. The Kier molecular flexibility index (Phi) is 2.74. The van der Waals surface area contributed by atoms with Crippen molar-refractivity contribution in [2.45, 2.75) is 25.4 Å². The van der Waals surface area contributed by atoms with Gasteiger partial charge in [-0.25, -0.2) is 9.79 Å². The van der Waals surface area contributed by atoms with E-state index in [1.807, 2.05) is 0 Å². The molecule has 4 nitrogen and oxygen atoms in total. The van der Waals surface area contributed by atoms with E-state index in [2.05, 4.69) is 48.7 Å². The number of fused-ring (bicyclic) bond motifs is 1. The van der Waals surface area contributed by atoms with Crippen LogP contribution >= 0.6 is 0 Å². The molecule has 0 saturated heterocycles. The predicted molar refractivity (Wildman–Crippen MR) is 77.7 cm³/mol. The van der Waals surface area contributed by atoms with Gasteiger partial charge >= 0.3 is 6.09 Å². The fourth-order valence-corrected chi connectivity index (χ4v) is 3.08. The molecular formula is C16H16N2O2. The third-order valence-corrected chi connectivity index (χ3v) is 3.93. The first kappa shape index (κ1) is 12.7. The molecule has 20 heavy (non-hydrogen) atoms. The summed E-state index contributed by atoms with van der Waals surface area (Å²) in [4.78, 5) is 15.7. The second-order valence-corrected chi connectivity index (χ2v) is 5.26. The standard InChI is InChI=1S/C16H16N2O2/c1-4-13-14(17-3)18-15(19)20-16(13)8-11-6-5-10(2)7-12(11)9-16/h4-7H,1,3,8-9H2,2H3,(H,18,19). The van der Waals surface area contributed by atoms with Crippen LogP contribution < -0.4 is 5.32 Å². The molecule has 0 fully saturated rings. The number of carbonyl (C=O) groups is 1. The summed E-state index contributed by atoms with van der Waals surface area (Å²) in [5.74, 6) is 0.445. The highest BCUT2D eigenvalue weighted by Crippen LogP contribution is 2.41. The highest BCUT2D eigenvalue weighted by atomic mass is 16.6. The quantitative estimate of drug-likeness (QED) is 0.838. The minimum atomic E-state index is -0.698. The van der Waals surface area contributed by atoms with Gasteiger partial charge in [0, 0.05) is 18.4 Å². The Morgan fingerprint density at radius 1 is 1.40 bits per heavy atom. The van der Waals surface area contributed by atoms with Crippen molar-refractivity contribution in [3.63, 3.8) is 0 Å². The average Bonchev–Trinajstić information content (AvgIpc) is 2.75. The number of rotatable bonds is 2. The molecule has 0 aromatic heterocycles. The Bertz CT molecular complexity index is 660. The van der Waals surface area contributed by atoms with Crippen LogP contribution in [0.3, 0.4) is 0 Å². The van der Waals surface area contributed by atoms with E-state index < -0.39 is 11.7 Å². The number of nitrogens with zero attached hydrogens (tertiary/aromatic N) is 1. The lowest BCUT2D eigenvalue weighted by Gasteiger charge is -2.35. The van der Waals surface area contributed by atoms with E-state index in [0.717, 1.165) is 5.57 Å². The lowest BCUT2D eigenvalue weighted by Crippen LogP contribution is -2.47. The maximum atomic E-state index is 11.8. The highest BCUT2D eigenvalue weighted by molar-refractivity contribution is 5.74. The van der Waals surface area contributed by atoms with Crippen LogP contribution in [-0.4, -0.2) is 18.4 Å². The summed E-state index contributed by atoms with van der Waals surface area (Å²) in [5.41, 5.74) is 3.71. The molecule has 0 radical (unpaired) electrons. The van der Waals surface area contributed by atoms with Gasteiger partial charge in [0.15, 0.2) is 5.60 Å². The molecule has 2 aliphatic rings. The van der Waals surface area contributed by atoms with E-state index in [-0.39, 0.29) is 0 Å². The van der Waals surface area contributed by atoms with E-state index in [0.29, 0.717) is 18.7 Å². The number of hydrogen-bond acceptors (Lipinski definition) is 3. The summed E-state index contributed by atoms with van der Waals surface area (Å²) < 4.78 is 5.63. The van der Waals surface area contributed by atoms with E-state index in [1.165, 1.54) is 16.7 Å². The lowest BCUT2D eigenvalue weighted by atomic mass is 9.89. The first-order valence-corrected chi connectivity index (χ1v) is 6.50. The molecule has 4 heteroatoms. The molecule has 1 spiro atoms. The zero-order valence-corrected chi connectivity index (χ0v) is 11.4. The molecule has 1 unspecified atom stereocenters. The van der Waals surface area contributed by atoms with Crippen molar-refractivity contribution in [3.05, 3.63) is 58.9 Å². The van der Waals surface area contributed by atoms with Crippen molar-refractivity contribution < 1.29 is 9.53 Å². The largest absolute Gasteiger partial charge is 0.437 e. The minimum absolute atomic E-state index is 0.445. The molecular weight excluding hydrogens is 252 g/mol. The van der Waals surface area contributed by atoms with Crippen LogP contribution in [0.15, 0.2) is 47.2 Å². The summed E-state index contributed by atoms with van der Waals surface area (Å²) in [6.45, 7) is 9.40. The first-order chi connectivity index (χ1) is 9.58. The molecule has 3 rings (SSSR count). The number of alkyl carbamates (subject to hydrolysis) is 1. The summed E-state index contributed by atoms with van der Waals surface area (Å²) in [6, 6.07) is 6.31. The number of aryl methyl sites for hydroxylation is 1. The van der Waals surface area contributed by atoms with Gasteiger partial charge in [-0.05, 0) is 24.8 Å². The van der Waals surface area contributed by atoms with Crippen molar-refractivity contribution in [1.29, 1.82) is 0 Å². The zero-order valence-electron chi connectivity index (χ0n) is 11.4. The Hall–Kier alpha value is -2.36. The van der Waals surface area contributed by atoms with E-state index in [4.69, 9.17) is 4.74 Å². The molecule has 1 aliphatic heterocycles. The van der Waals surface area contributed by atoms with Crippen LogP contribution in [0.4, 0.5) is 4.79 Å². The van der Waals surface area contributed by atoms with Gasteiger partial charge in [0.25, 0.3) is 0 Å². The Balaban J connectivity index is 2.11. The molecule has 1 aromatic carbocycles. The first-order valence-electron chi connectivity index (χ1n) is 6.50. The number of nitrogens with one attached hydrogen (secondary N) is 1. The van der Waals surface area contributed by atoms with Crippen LogP contribution in [-0.2, 0) is 17.6 Å². The van der Waals surface area contributed by atoms with Crippen molar-refractivity contribution >= 4 is 12.8 Å². The van der Waals surface area contributed by atoms with Gasteiger partial charge in [-0.3, -0.25) is 5.32 Å². The maximum Gasteiger partial charge on any atom is 0.413 e. The zero-order chi connectivity index (χ0) is 14.3. The van der Waals surface area contributed by atoms with Gasteiger partial charge < -0.3 is 4.74 Å². The summed E-state index contributed by atoms with van der Waals surface area (Å²) >= 11 is 0. The topological polar surface area (TPSA) is 50.7 Å². The van der Waals surface area contributed by atoms with Gasteiger partial charge in [0.2, 0.25) is 0 Å². The second kappa shape index (κ2) is 4.34. The van der Waals surface area contributed by atoms with Crippen molar-refractivity contribution in [2.75, 3.05) is 0 Å². The number of carbonyl (C=O) groups excluding carboxylic acids is 1. The van der Waals surface area contributed by atoms with Gasteiger partial charge in [-0.1, -0.05) is 36.4 Å². The molecule has 0 bridgehead atoms. The summed E-state index contributed by atoms with van der Waals surface area (Å²) in [5, 5.41) is 2.57. The normalized spacial score (nSPS) is 24.1. The van der Waals surface area contributed by atoms with Crippen molar-refractivity contribution in [2.24, 2.45) is 4.99 Å². The molecule has 0 saturated carbocycles. The average molecular weight is 268 g/mol. The van der Waals surface area contributed by atoms with Crippen LogP contribution in [0.5, 0.6) is 0 Å². The van der Waals surface area contributed by atoms with Gasteiger partial charge in [0.05, 0.1) is 0 Å². The molecule has 1 aromatic rings. The molecule has 1 aliphatic carbocycles. The third kappa shape index (κ3) is 1.76. The van der Waals surface area contributed by atoms with E-state index in [9.17, 15) is 4.79 Å².